The third kappa shape index (κ3) is 3.92. The van der Waals surface area contributed by atoms with Crippen LogP contribution in [0.2, 0.25) is 0 Å². The lowest BCUT2D eigenvalue weighted by molar-refractivity contribution is 0.262. The molecule has 2 N–H and O–H groups in total. The Bertz CT molecular complexity index is 495. The fourth-order valence-corrected chi connectivity index (χ4v) is 3.24. The zero-order valence-electron chi connectivity index (χ0n) is 12.4. The Balaban J connectivity index is 1.95. The van der Waals surface area contributed by atoms with Crippen LogP contribution in [-0.2, 0) is 11.8 Å². The van der Waals surface area contributed by atoms with E-state index in [1.807, 2.05) is 11.3 Å². The van der Waals surface area contributed by atoms with E-state index in [2.05, 4.69) is 66.7 Å². The summed E-state index contributed by atoms with van der Waals surface area (Å²) in [5, 5.41) is 2.14. The largest absolute Gasteiger partial charge is 0.330 e. The first-order chi connectivity index (χ1) is 9.64. The minimum absolute atomic E-state index is 0.0193. The van der Waals surface area contributed by atoms with Gasteiger partial charge in [0.2, 0.25) is 0 Å². The molecule has 1 unspecified atom stereocenters. The van der Waals surface area contributed by atoms with Gasteiger partial charge in [-0.2, -0.15) is 0 Å². The molecule has 0 saturated heterocycles. The molecule has 0 saturated carbocycles. The zero-order valence-corrected chi connectivity index (χ0v) is 13.2. The first-order valence-electron chi connectivity index (χ1n) is 7.10. The topological polar surface area (TPSA) is 29.3 Å². The van der Waals surface area contributed by atoms with E-state index >= 15 is 0 Å². The summed E-state index contributed by atoms with van der Waals surface area (Å²) in [5.41, 5.74) is 7.40. The summed E-state index contributed by atoms with van der Waals surface area (Å²) in [7, 11) is 2.18. The lowest BCUT2D eigenvalue weighted by Crippen LogP contribution is -2.43. The summed E-state index contributed by atoms with van der Waals surface area (Å²) in [4.78, 5) is 3.84. The van der Waals surface area contributed by atoms with E-state index in [-0.39, 0.29) is 5.41 Å². The van der Waals surface area contributed by atoms with E-state index in [1.54, 1.807) is 0 Å². The summed E-state index contributed by atoms with van der Waals surface area (Å²) in [6, 6.07) is 14.9. The molecule has 3 heteroatoms. The van der Waals surface area contributed by atoms with Gasteiger partial charge < -0.3 is 10.6 Å². The number of hydrogen-bond donors (Lipinski definition) is 1. The molecule has 2 aromatic rings. The van der Waals surface area contributed by atoms with Crippen LogP contribution in [0, 0.1) is 0 Å². The number of hydrogen-bond acceptors (Lipinski definition) is 3. The van der Waals surface area contributed by atoms with E-state index in [4.69, 9.17) is 5.73 Å². The number of benzene rings is 1. The van der Waals surface area contributed by atoms with Crippen LogP contribution < -0.4 is 5.73 Å². The molecular weight excluding hydrogens is 264 g/mol. The Morgan fingerprint density at radius 2 is 1.90 bits per heavy atom. The first-order valence-corrected chi connectivity index (χ1v) is 7.98. The van der Waals surface area contributed by atoms with Crippen molar-refractivity contribution in [2.45, 2.75) is 18.8 Å². The third-order valence-electron chi connectivity index (χ3n) is 3.86. The predicted octanol–water partition coefficient (Wildman–Crippen LogP) is 3.14. The number of likely N-dealkylation sites (N-methyl/N-ethyl adjacent to an activating group) is 1. The van der Waals surface area contributed by atoms with Crippen LogP contribution >= 0.6 is 11.3 Å². The van der Waals surface area contributed by atoms with Crippen molar-refractivity contribution in [1.29, 1.82) is 0 Å². The molecule has 2 nitrogen and oxygen atoms in total. The Labute approximate surface area is 126 Å². The quantitative estimate of drug-likeness (QED) is 0.848. The van der Waals surface area contributed by atoms with Gasteiger partial charge in [0.15, 0.2) is 0 Å². The summed E-state index contributed by atoms with van der Waals surface area (Å²) >= 11 is 1.83. The highest BCUT2D eigenvalue weighted by molar-refractivity contribution is 7.09. The summed E-state index contributed by atoms with van der Waals surface area (Å²) in [6.07, 6.45) is 1.11. The molecule has 108 valence electrons. The maximum atomic E-state index is 6.05. The highest BCUT2D eigenvalue weighted by Gasteiger charge is 2.26. The number of thiophene rings is 1. The molecule has 1 aromatic carbocycles. The van der Waals surface area contributed by atoms with Crippen molar-refractivity contribution in [3.8, 4) is 0 Å². The van der Waals surface area contributed by atoms with Gasteiger partial charge in [-0.3, -0.25) is 0 Å². The molecule has 0 radical (unpaired) electrons. The van der Waals surface area contributed by atoms with Crippen LogP contribution in [0.25, 0.3) is 0 Å². The number of nitrogens with zero attached hydrogens (tertiary/aromatic N) is 1. The standard InChI is InChI=1S/C17H24N2S/c1-17(13-18,15-7-4-3-5-8-15)14-19(2)11-10-16-9-6-12-20-16/h3-9,12H,10-11,13-14,18H2,1-2H3. The molecule has 1 heterocycles. The molecule has 2 rings (SSSR count). The van der Waals surface area contributed by atoms with Crippen molar-refractivity contribution < 1.29 is 0 Å². The van der Waals surface area contributed by atoms with Crippen LogP contribution in [0.4, 0.5) is 0 Å². The maximum Gasteiger partial charge on any atom is 0.0174 e. The Morgan fingerprint density at radius 3 is 2.50 bits per heavy atom. The molecule has 0 aliphatic heterocycles. The van der Waals surface area contributed by atoms with Crippen LogP contribution in [0.5, 0.6) is 0 Å². The number of rotatable bonds is 7. The molecule has 1 aromatic heterocycles. The highest BCUT2D eigenvalue weighted by atomic mass is 32.1. The normalized spacial score (nSPS) is 14.4. The maximum absolute atomic E-state index is 6.05. The van der Waals surface area contributed by atoms with Gasteiger partial charge in [-0.15, -0.1) is 11.3 Å². The monoisotopic (exact) mass is 288 g/mol. The summed E-state index contributed by atoms with van der Waals surface area (Å²) in [6.45, 7) is 4.98. The molecule has 0 bridgehead atoms. The fraction of sp³-hybridized carbons (Fsp3) is 0.412. The average molecular weight is 288 g/mol. The van der Waals surface area contributed by atoms with Gasteiger partial charge in [0.05, 0.1) is 0 Å². The minimum atomic E-state index is 0.0193. The van der Waals surface area contributed by atoms with Gasteiger partial charge in [-0.25, -0.2) is 0 Å². The molecule has 0 aliphatic rings. The molecule has 0 amide bonds. The van der Waals surface area contributed by atoms with Gasteiger partial charge in [0.1, 0.15) is 0 Å². The van der Waals surface area contributed by atoms with Crippen molar-refractivity contribution in [3.05, 3.63) is 58.3 Å². The van der Waals surface area contributed by atoms with Crippen LogP contribution in [-0.4, -0.2) is 31.6 Å². The molecule has 0 fully saturated rings. The number of nitrogens with two attached hydrogens (primary N) is 1. The predicted molar refractivity (Wildman–Crippen MR) is 88.4 cm³/mol. The molecule has 1 atom stereocenters. The smallest absolute Gasteiger partial charge is 0.0174 e. The average Bonchev–Trinajstić information content (AvgIpc) is 2.99. The second-order valence-electron chi connectivity index (χ2n) is 5.70. The van der Waals surface area contributed by atoms with Crippen molar-refractivity contribution in [3.63, 3.8) is 0 Å². The Kier molecular flexibility index (Phi) is 5.35. The lowest BCUT2D eigenvalue weighted by Gasteiger charge is -2.33. The van der Waals surface area contributed by atoms with Crippen molar-refractivity contribution in [1.82, 2.24) is 4.90 Å². The van der Waals surface area contributed by atoms with Crippen molar-refractivity contribution in [2.75, 3.05) is 26.7 Å². The van der Waals surface area contributed by atoms with Gasteiger partial charge in [-0.1, -0.05) is 43.3 Å². The van der Waals surface area contributed by atoms with E-state index in [9.17, 15) is 0 Å². The van der Waals surface area contributed by atoms with Crippen LogP contribution in [0.3, 0.4) is 0 Å². The fourth-order valence-electron chi connectivity index (χ4n) is 2.54. The van der Waals surface area contributed by atoms with Crippen LogP contribution in [0.15, 0.2) is 47.8 Å². The van der Waals surface area contributed by atoms with E-state index in [1.165, 1.54) is 10.4 Å². The molecular formula is C17H24N2S. The first kappa shape index (κ1) is 15.2. The zero-order chi connectivity index (χ0) is 14.4. The summed E-state index contributed by atoms with van der Waals surface area (Å²) < 4.78 is 0. The van der Waals surface area contributed by atoms with Gasteiger partial charge in [0.25, 0.3) is 0 Å². The highest BCUT2D eigenvalue weighted by Crippen LogP contribution is 2.23. The van der Waals surface area contributed by atoms with E-state index < -0.39 is 0 Å². The second-order valence-corrected chi connectivity index (χ2v) is 6.73. The summed E-state index contributed by atoms with van der Waals surface area (Å²) in [5.74, 6) is 0. The van der Waals surface area contributed by atoms with Gasteiger partial charge in [-0.05, 0) is 30.5 Å². The lowest BCUT2D eigenvalue weighted by atomic mass is 9.82. The second kappa shape index (κ2) is 7.02. The Morgan fingerprint density at radius 1 is 1.15 bits per heavy atom. The third-order valence-corrected chi connectivity index (χ3v) is 4.80. The van der Waals surface area contributed by atoms with E-state index in [0.717, 1.165) is 19.5 Å². The van der Waals surface area contributed by atoms with Crippen molar-refractivity contribution in [2.24, 2.45) is 5.73 Å². The Hall–Kier alpha value is -1.16. The SMILES string of the molecule is CN(CCc1cccs1)CC(C)(CN)c1ccccc1. The van der Waals surface area contributed by atoms with E-state index in [0.29, 0.717) is 6.54 Å². The molecule has 20 heavy (non-hydrogen) atoms. The molecule has 0 aliphatic carbocycles. The van der Waals surface area contributed by atoms with Gasteiger partial charge >= 0.3 is 0 Å². The van der Waals surface area contributed by atoms with Crippen LogP contribution in [0.1, 0.15) is 17.4 Å². The van der Waals surface area contributed by atoms with Gasteiger partial charge in [0, 0.05) is 29.9 Å². The van der Waals surface area contributed by atoms with Crippen molar-refractivity contribution >= 4 is 11.3 Å². The minimum Gasteiger partial charge on any atom is -0.330 e. The molecule has 0 spiro atoms.